The lowest BCUT2D eigenvalue weighted by Crippen LogP contribution is -2.23. The van der Waals surface area contributed by atoms with Gasteiger partial charge in [0.15, 0.2) is 11.5 Å². The van der Waals surface area contributed by atoms with Crippen LogP contribution in [0.5, 0.6) is 0 Å². The second kappa shape index (κ2) is 7.69. The van der Waals surface area contributed by atoms with Gasteiger partial charge >= 0.3 is 0 Å². The number of rotatable bonds is 7. The van der Waals surface area contributed by atoms with Crippen LogP contribution >= 0.6 is 0 Å². The first kappa shape index (κ1) is 18.0. The summed E-state index contributed by atoms with van der Waals surface area (Å²) in [6, 6.07) is 9.35. The summed E-state index contributed by atoms with van der Waals surface area (Å²) in [6.45, 7) is 3.46. The largest absolute Gasteiger partial charge is 0.465 e. The fourth-order valence-corrected chi connectivity index (χ4v) is 3.01. The monoisotopic (exact) mass is 379 g/mol. The highest BCUT2D eigenvalue weighted by atomic mass is 16.5. The maximum absolute atomic E-state index is 12.8. The Bertz CT molecular complexity index is 1110. The fraction of sp³-hybridized carbons (Fsp3) is 0.250. The van der Waals surface area contributed by atoms with Crippen molar-refractivity contribution in [1.29, 1.82) is 0 Å². The lowest BCUT2D eigenvalue weighted by atomic mass is 10.3. The van der Waals surface area contributed by atoms with Crippen LogP contribution in [0.25, 0.3) is 17.0 Å². The Morgan fingerprint density at radius 2 is 2.18 bits per heavy atom. The highest BCUT2D eigenvalue weighted by Crippen LogP contribution is 2.21. The molecule has 8 heteroatoms. The van der Waals surface area contributed by atoms with Crippen LogP contribution in [0.1, 0.15) is 22.0 Å². The van der Waals surface area contributed by atoms with Crippen molar-refractivity contribution in [2.45, 2.75) is 20.0 Å². The van der Waals surface area contributed by atoms with Crippen molar-refractivity contribution in [2.75, 3.05) is 13.7 Å². The third-order valence-corrected chi connectivity index (χ3v) is 4.40. The number of imidazole rings is 2. The Morgan fingerprint density at radius 3 is 2.96 bits per heavy atom. The molecule has 0 radical (unpaired) electrons. The molecular formula is C20H21N5O3. The van der Waals surface area contributed by atoms with Crippen molar-refractivity contribution in [2.24, 2.45) is 0 Å². The van der Waals surface area contributed by atoms with Crippen LogP contribution in [0.2, 0.25) is 0 Å². The molecule has 0 bridgehead atoms. The standard InChI is InChI=1S/C20H21N5O3/c1-14-6-7-15(28-14)11-21-20(26)18-17-5-3-4-8-25(17)19(23-18)16-12-24(13-22-16)9-10-27-2/h3-8,12-13H,9-11H2,1-2H3,(H,21,26). The van der Waals surface area contributed by atoms with E-state index in [1.54, 1.807) is 13.4 Å². The first-order valence-electron chi connectivity index (χ1n) is 8.97. The average Bonchev–Trinajstić information content (AvgIpc) is 3.42. The van der Waals surface area contributed by atoms with E-state index in [2.05, 4.69) is 15.3 Å². The van der Waals surface area contributed by atoms with Crippen molar-refractivity contribution in [3.8, 4) is 11.5 Å². The van der Waals surface area contributed by atoms with Gasteiger partial charge in [0, 0.05) is 26.0 Å². The zero-order valence-corrected chi connectivity index (χ0v) is 15.8. The SMILES string of the molecule is COCCn1cnc(-c2nc(C(=O)NCc3ccc(C)o3)c3ccccn23)c1. The van der Waals surface area contributed by atoms with Gasteiger partial charge in [-0.1, -0.05) is 6.07 Å². The summed E-state index contributed by atoms with van der Waals surface area (Å²) in [6.07, 6.45) is 5.50. The van der Waals surface area contributed by atoms with Crippen LogP contribution in [0.4, 0.5) is 0 Å². The third kappa shape index (κ3) is 3.54. The number of carbonyl (C=O) groups excluding carboxylic acids is 1. The number of amides is 1. The number of fused-ring (bicyclic) bond motifs is 1. The summed E-state index contributed by atoms with van der Waals surface area (Å²) < 4.78 is 14.4. The number of furan rings is 1. The highest BCUT2D eigenvalue weighted by molar-refractivity contribution is 5.99. The Hall–Kier alpha value is -3.39. The molecule has 28 heavy (non-hydrogen) atoms. The number of methoxy groups -OCH3 is 1. The molecule has 0 aliphatic heterocycles. The maximum atomic E-state index is 12.8. The molecular weight excluding hydrogens is 358 g/mol. The Kier molecular flexibility index (Phi) is 4.94. The van der Waals surface area contributed by atoms with Crippen molar-refractivity contribution in [3.63, 3.8) is 0 Å². The number of aryl methyl sites for hydroxylation is 1. The Morgan fingerprint density at radius 1 is 1.29 bits per heavy atom. The van der Waals surface area contributed by atoms with Gasteiger partial charge in [-0.15, -0.1) is 0 Å². The minimum atomic E-state index is -0.261. The number of hydrogen-bond acceptors (Lipinski definition) is 5. The molecule has 0 saturated carbocycles. The summed E-state index contributed by atoms with van der Waals surface area (Å²) in [5, 5.41) is 2.87. The smallest absolute Gasteiger partial charge is 0.272 e. The van der Waals surface area contributed by atoms with E-state index in [4.69, 9.17) is 9.15 Å². The summed E-state index contributed by atoms with van der Waals surface area (Å²) in [4.78, 5) is 21.8. The van der Waals surface area contributed by atoms with Gasteiger partial charge in [-0.05, 0) is 31.2 Å². The number of nitrogens with one attached hydrogen (secondary N) is 1. The van der Waals surface area contributed by atoms with Crippen LogP contribution in [0, 0.1) is 6.92 Å². The molecule has 4 aromatic heterocycles. The number of pyridine rings is 1. The number of hydrogen-bond donors (Lipinski definition) is 1. The predicted octanol–water partition coefficient (Wildman–Crippen LogP) is 2.68. The molecule has 0 atom stereocenters. The molecule has 0 aliphatic rings. The minimum Gasteiger partial charge on any atom is -0.465 e. The molecule has 0 aromatic carbocycles. The molecule has 144 valence electrons. The molecule has 4 heterocycles. The fourth-order valence-electron chi connectivity index (χ4n) is 3.01. The summed E-state index contributed by atoms with van der Waals surface area (Å²) in [7, 11) is 1.66. The van der Waals surface area contributed by atoms with Crippen LogP contribution in [-0.4, -0.2) is 38.6 Å². The number of carbonyl (C=O) groups is 1. The molecule has 8 nitrogen and oxygen atoms in total. The van der Waals surface area contributed by atoms with Crippen molar-refractivity contribution >= 4 is 11.4 Å². The molecule has 1 N–H and O–H groups in total. The number of ether oxygens (including phenoxy) is 1. The quantitative estimate of drug-likeness (QED) is 0.533. The lowest BCUT2D eigenvalue weighted by Gasteiger charge is -2.01. The highest BCUT2D eigenvalue weighted by Gasteiger charge is 2.19. The molecule has 4 aromatic rings. The first-order valence-corrected chi connectivity index (χ1v) is 8.97. The van der Waals surface area contributed by atoms with Crippen molar-refractivity contribution in [3.05, 3.63) is 66.3 Å². The molecule has 0 saturated heterocycles. The van der Waals surface area contributed by atoms with E-state index in [0.717, 1.165) is 11.3 Å². The normalized spacial score (nSPS) is 11.2. The zero-order chi connectivity index (χ0) is 19.5. The minimum absolute atomic E-state index is 0.261. The van der Waals surface area contributed by atoms with Crippen LogP contribution in [0.15, 0.2) is 53.5 Å². The first-order chi connectivity index (χ1) is 13.7. The van der Waals surface area contributed by atoms with E-state index in [1.165, 1.54) is 0 Å². The predicted molar refractivity (Wildman–Crippen MR) is 103 cm³/mol. The summed E-state index contributed by atoms with van der Waals surface area (Å²) >= 11 is 0. The molecule has 0 fully saturated rings. The van der Waals surface area contributed by atoms with Crippen molar-refractivity contribution in [1.82, 2.24) is 24.3 Å². The Labute approximate surface area is 161 Å². The molecule has 1 amide bonds. The maximum Gasteiger partial charge on any atom is 0.272 e. The van der Waals surface area contributed by atoms with E-state index in [-0.39, 0.29) is 5.91 Å². The molecule has 0 unspecified atom stereocenters. The topological polar surface area (TPSA) is 86.6 Å². The number of nitrogens with zero attached hydrogens (tertiary/aromatic N) is 4. The van der Waals surface area contributed by atoms with Gasteiger partial charge in [0.25, 0.3) is 5.91 Å². The summed E-state index contributed by atoms with van der Waals surface area (Å²) in [5.41, 5.74) is 1.76. The van der Waals surface area contributed by atoms with E-state index >= 15 is 0 Å². The van der Waals surface area contributed by atoms with Gasteiger partial charge in [-0.2, -0.15) is 0 Å². The van der Waals surface area contributed by atoms with Crippen LogP contribution < -0.4 is 5.32 Å². The average molecular weight is 379 g/mol. The van der Waals surface area contributed by atoms with Gasteiger partial charge in [0.2, 0.25) is 0 Å². The third-order valence-electron chi connectivity index (χ3n) is 4.40. The summed E-state index contributed by atoms with van der Waals surface area (Å²) in [5.74, 6) is 1.86. The van der Waals surface area contributed by atoms with Gasteiger partial charge in [-0.25, -0.2) is 9.97 Å². The van der Waals surface area contributed by atoms with Crippen LogP contribution in [0.3, 0.4) is 0 Å². The van der Waals surface area contributed by atoms with Gasteiger partial charge < -0.3 is 19.0 Å². The second-order valence-corrected chi connectivity index (χ2v) is 6.42. The number of aromatic nitrogens is 4. The van der Waals surface area contributed by atoms with Gasteiger partial charge in [0.1, 0.15) is 17.2 Å². The zero-order valence-electron chi connectivity index (χ0n) is 15.8. The molecule has 4 rings (SSSR count). The second-order valence-electron chi connectivity index (χ2n) is 6.42. The van der Waals surface area contributed by atoms with E-state index in [1.807, 2.05) is 58.6 Å². The molecule has 0 spiro atoms. The van der Waals surface area contributed by atoms with E-state index in [9.17, 15) is 4.79 Å². The van der Waals surface area contributed by atoms with Crippen LogP contribution in [-0.2, 0) is 17.8 Å². The van der Waals surface area contributed by atoms with E-state index in [0.29, 0.717) is 42.7 Å². The van der Waals surface area contributed by atoms with E-state index < -0.39 is 0 Å². The molecule has 0 aliphatic carbocycles. The van der Waals surface area contributed by atoms with Gasteiger partial charge in [0.05, 0.1) is 25.0 Å². The Balaban J connectivity index is 1.62. The van der Waals surface area contributed by atoms with Crippen molar-refractivity contribution < 1.29 is 13.9 Å². The van der Waals surface area contributed by atoms with Gasteiger partial charge in [-0.3, -0.25) is 9.20 Å². The lowest BCUT2D eigenvalue weighted by molar-refractivity contribution is 0.0945.